The fraction of sp³-hybridized carbons (Fsp3) is 0.158. The van der Waals surface area contributed by atoms with E-state index in [2.05, 4.69) is 51.8 Å². The van der Waals surface area contributed by atoms with E-state index < -0.39 is 0 Å². The average Bonchev–Trinajstić information content (AvgIpc) is 2.52. The lowest BCUT2D eigenvalue weighted by Gasteiger charge is -2.10. The third-order valence-corrected chi connectivity index (χ3v) is 3.73. The smallest absolute Gasteiger partial charge is 0.229 e. The minimum Gasteiger partial charge on any atom is -0.366 e. The van der Waals surface area contributed by atoms with Crippen LogP contribution in [0.15, 0.2) is 54.6 Å². The Hall–Kier alpha value is -2.59. The summed E-state index contributed by atoms with van der Waals surface area (Å²) in [5.41, 5.74) is 4.21. The molecule has 3 aromatic rings. The molecule has 0 aliphatic carbocycles. The summed E-state index contributed by atoms with van der Waals surface area (Å²) in [4.78, 5) is 8.94. The normalized spacial score (nSPS) is 10.5. The fourth-order valence-electron chi connectivity index (χ4n) is 2.43. The van der Waals surface area contributed by atoms with Gasteiger partial charge in [-0.15, -0.1) is 0 Å². The summed E-state index contributed by atoms with van der Waals surface area (Å²) in [7, 11) is 0. The van der Waals surface area contributed by atoms with Crippen LogP contribution in [0.25, 0.3) is 0 Å². The van der Waals surface area contributed by atoms with Gasteiger partial charge in [0.1, 0.15) is 5.82 Å². The highest BCUT2D eigenvalue weighted by atomic mass is 35.5. The van der Waals surface area contributed by atoms with Crippen molar-refractivity contribution >= 4 is 29.1 Å². The van der Waals surface area contributed by atoms with Crippen molar-refractivity contribution in [2.24, 2.45) is 0 Å². The van der Waals surface area contributed by atoms with E-state index in [0.29, 0.717) is 11.0 Å². The Morgan fingerprint density at radius 2 is 1.79 bits per heavy atom. The molecular weight excluding hydrogens is 320 g/mol. The zero-order valence-electron chi connectivity index (χ0n) is 13.7. The lowest BCUT2D eigenvalue weighted by molar-refractivity contribution is 1.06. The van der Waals surface area contributed by atoms with Crippen LogP contribution >= 0.6 is 11.6 Å². The van der Waals surface area contributed by atoms with Crippen LogP contribution in [0.1, 0.15) is 16.8 Å². The minimum atomic E-state index is 0.545. The van der Waals surface area contributed by atoms with Crippen molar-refractivity contribution in [3.8, 4) is 0 Å². The van der Waals surface area contributed by atoms with Gasteiger partial charge in [-0.05, 0) is 37.6 Å². The highest BCUT2D eigenvalue weighted by Crippen LogP contribution is 2.19. The van der Waals surface area contributed by atoms with E-state index in [-0.39, 0.29) is 0 Å². The van der Waals surface area contributed by atoms with Crippen LogP contribution in [0.4, 0.5) is 17.5 Å². The standard InChI is InChI=1S/C19H19ClN4/c1-13-5-3-6-15(9-13)12-21-18-10-14(2)22-19(24-18)23-17-8-4-7-16(20)11-17/h3-11H,12H2,1-2H3,(H2,21,22,23,24). The Balaban J connectivity index is 1.73. The first-order valence-corrected chi connectivity index (χ1v) is 8.14. The van der Waals surface area contributed by atoms with Gasteiger partial charge in [-0.1, -0.05) is 47.5 Å². The molecule has 0 aliphatic heterocycles. The molecule has 4 nitrogen and oxygen atoms in total. The zero-order chi connectivity index (χ0) is 16.9. The second-order valence-corrected chi connectivity index (χ2v) is 6.13. The van der Waals surface area contributed by atoms with E-state index in [1.54, 1.807) is 0 Å². The van der Waals surface area contributed by atoms with E-state index in [1.807, 2.05) is 37.3 Å². The van der Waals surface area contributed by atoms with Crippen molar-refractivity contribution in [1.29, 1.82) is 0 Å². The summed E-state index contributed by atoms with van der Waals surface area (Å²) in [6.07, 6.45) is 0. The zero-order valence-corrected chi connectivity index (χ0v) is 14.4. The first kappa shape index (κ1) is 16.3. The molecule has 0 unspecified atom stereocenters. The van der Waals surface area contributed by atoms with Gasteiger partial charge in [0, 0.05) is 29.0 Å². The van der Waals surface area contributed by atoms with Crippen molar-refractivity contribution in [2.75, 3.05) is 10.6 Å². The lowest BCUT2D eigenvalue weighted by atomic mass is 10.1. The number of nitrogens with one attached hydrogen (secondary N) is 2. The van der Waals surface area contributed by atoms with Crippen molar-refractivity contribution in [3.63, 3.8) is 0 Å². The van der Waals surface area contributed by atoms with Crippen LogP contribution < -0.4 is 10.6 Å². The number of aryl methyl sites for hydroxylation is 2. The molecule has 2 N–H and O–H groups in total. The molecule has 1 aromatic heterocycles. The molecule has 3 rings (SSSR count). The van der Waals surface area contributed by atoms with Gasteiger partial charge in [0.05, 0.1) is 0 Å². The van der Waals surface area contributed by atoms with Crippen molar-refractivity contribution < 1.29 is 0 Å². The Bertz CT molecular complexity index is 848. The first-order chi connectivity index (χ1) is 11.6. The van der Waals surface area contributed by atoms with E-state index >= 15 is 0 Å². The molecule has 0 saturated heterocycles. The van der Waals surface area contributed by atoms with Crippen LogP contribution in [-0.4, -0.2) is 9.97 Å². The predicted octanol–water partition coefficient (Wildman–Crippen LogP) is 5.10. The van der Waals surface area contributed by atoms with Gasteiger partial charge in [0.25, 0.3) is 0 Å². The van der Waals surface area contributed by atoms with Gasteiger partial charge in [0.15, 0.2) is 0 Å². The molecule has 122 valence electrons. The van der Waals surface area contributed by atoms with Gasteiger partial charge in [-0.25, -0.2) is 4.98 Å². The number of aromatic nitrogens is 2. The largest absolute Gasteiger partial charge is 0.366 e. The third-order valence-electron chi connectivity index (χ3n) is 3.49. The van der Waals surface area contributed by atoms with Crippen LogP contribution in [0, 0.1) is 13.8 Å². The van der Waals surface area contributed by atoms with E-state index in [9.17, 15) is 0 Å². The molecule has 0 saturated carbocycles. The van der Waals surface area contributed by atoms with Gasteiger partial charge in [0.2, 0.25) is 5.95 Å². The van der Waals surface area contributed by atoms with Gasteiger partial charge in [-0.2, -0.15) is 4.98 Å². The third kappa shape index (κ3) is 4.46. The van der Waals surface area contributed by atoms with Crippen LogP contribution in [0.2, 0.25) is 5.02 Å². The number of hydrogen-bond acceptors (Lipinski definition) is 4. The molecule has 0 atom stereocenters. The Labute approximate surface area is 146 Å². The summed E-state index contributed by atoms with van der Waals surface area (Å²) in [6.45, 7) is 4.75. The molecular formula is C19H19ClN4. The van der Waals surface area contributed by atoms with E-state index in [4.69, 9.17) is 11.6 Å². The van der Waals surface area contributed by atoms with Gasteiger partial charge in [-0.3, -0.25) is 0 Å². The molecule has 0 aliphatic rings. The maximum Gasteiger partial charge on any atom is 0.229 e. The molecule has 0 bridgehead atoms. The second-order valence-electron chi connectivity index (χ2n) is 5.70. The first-order valence-electron chi connectivity index (χ1n) is 7.76. The summed E-state index contributed by atoms with van der Waals surface area (Å²) in [5, 5.41) is 7.21. The lowest BCUT2D eigenvalue weighted by Crippen LogP contribution is -2.05. The van der Waals surface area contributed by atoms with E-state index in [0.717, 1.165) is 23.7 Å². The monoisotopic (exact) mass is 338 g/mol. The molecule has 2 aromatic carbocycles. The van der Waals surface area contributed by atoms with Crippen molar-refractivity contribution in [1.82, 2.24) is 9.97 Å². The van der Waals surface area contributed by atoms with Crippen LogP contribution in [0.5, 0.6) is 0 Å². The molecule has 0 fully saturated rings. The maximum atomic E-state index is 6.01. The molecule has 0 spiro atoms. The predicted molar refractivity (Wildman–Crippen MR) is 100 cm³/mol. The molecule has 0 amide bonds. The Morgan fingerprint density at radius 3 is 2.58 bits per heavy atom. The van der Waals surface area contributed by atoms with Gasteiger partial charge < -0.3 is 10.6 Å². The summed E-state index contributed by atoms with van der Waals surface area (Å²) < 4.78 is 0. The number of nitrogens with zero attached hydrogens (tertiary/aromatic N) is 2. The average molecular weight is 339 g/mol. The topological polar surface area (TPSA) is 49.8 Å². The molecule has 5 heteroatoms. The quantitative estimate of drug-likeness (QED) is 0.679. The highest BCUT2D eigenvalue weighted by molar-refractivity contribution is 6.30. The maximum absolute atomic E-state index is 6.01. The van der Waals surface area contributed by atoms with Crippen LogP contribution in [-0.2, 0) is 6.54 Å². The summed E-state index contributed by atoms with van der Waals surface area (Å²) >= 11 is 6.01. The van der Waals surface area contributed by atoms with E-state index in [1.165, 1.54) is 11.1 Å². The minimum absolute atomic E-state index is 0.545. The highest BCUT2D eigenvalue weighted by Gasteiger charge is 2.04. The Morgan fingerprint density at radius 1 is 0.958 bits per heavy atom. The Kier molecular flexibility index (Phi) is 4.96. The number of benzene rings is 2. The number of halogens is 1. The van der Waals surface area contributed by atoms with Crippen molar-refractivity contribution in [3.05, 3.63) is 76.4 Å². The van der Waals surface area contributed by atoms with Gasteiger partial charge >= 0.3 is 0 Å². The van der Waals surface area contributed by atoms with Crippen LogP contribution in [0.3, 0.4) is 0 Å². The number of rotatable bonds is 5. The molecule has 1 heterocycles. The summed E-state index contributed by atoms with van der Waals surface area (Å²) in [5.74, 6) is 1.33. The fourth-order valence-corrected chi connectivity index (χ4v) is 2.62. The SMILES string of the molecule is Cc1cccc(CNc2cc(C)nc(Nc3cccc(Cl)c3)n2)c1. The number of hydrogen-bond donors (Lipinski definition) is 2. The second kappa shape index (κ2) is 7.32. The summed E-state index contributed by atoms with van der Waals surface area (Å²) in [6, 6.07) is 17.8. The molecule has 0 radical (unpaired) electrons. The number of anilines is 3. The van der Waals surface area contributed by atoms with Crippen molar-refractivity contribution in [2.45, 2.75) is 20.4 Å². The molecule has 24 heavy (non-hydrogen) atoms.